The van der Waals surface area contributed by atoms with E-state index in [0.717, 1.165) is 13.2 Å². The molecule has 1 aromatic rings. The fourth-order valence-electron chi connectivity index (χ4n) is 2.76. The number of nitro groups is 1. The molecule has 10 heteroatoms. The number of benzene rings is 1. The van der Waals surface area contributed by atoms with Crippen LogP contribution in [0.25, 0.3) is 0 Å². The maximum Gasteiger partial charge on any atom is 0.336 e. The summed E-state index contributed by atoms with van der Waals surface area (Å²) in [5.41, 5.74) is 5.55. The van der Waals surface area contributed by atoms with Gasteiger partial charge in [0.15, 0.2) is 5.78 Å². The van der Waals surface area contributed by atoms with Gasteiger partial charge < -0.3 is 15.2 Å². The van der Waals surface area contributed by atoms with E-state index in [4.69, 9.17) is 26.8 Å². The molecule has 9 nitrogen and oxygen atoms in total. The van der Waals surface area contributed by atoms with Crippen molar-refractivity contribution in [1.82, 2.24) is 0 Å². The molecule has 0 aliphatic carbocycles. The number of ether oxygens (including phenoxy) is 2. The second kappa shape index (κ2) is 10.4. The Labute approximate surface area is 166 Å². The summed E-state index contributed by atoms with van der Waals surface area (Å²) in [7, 11) is 1.07. The molecule has 2 atom stereocenters. The van der Waals surface area contributed by atoms with Crippen molar-refractivity contribution >= 4 is 35.0 Å². The van der Waals surface area contributed by atoms with Gasteiger partial charge in [-0.25, -0.2) is 4.79 Å². The molecule has 0 aliphatic rings. The molecule has 0 aliphatic heterocycles. The lowest BCUT2D eigenvalue weighted by atomic mass is 9.77. The first kappa shape index (κ1) is 23.1. The van der Waals surface area contributed by atoms with Crippen molar-refractivity contribution in [2.45, 2.75) is 19.8 Å². The molecule has 0 aromatic heterocycles. The van der Waals surface area contributed by atoms with E-state index in [0.29, 0.717) is 0 Å². The number of Topliss-reactive ketones (excluding diaryl/α,β-unsaturated/α-hetero) is 1. The number of rotatable bonds is 9. The maximum absolute atomic E-state index is 12.6. The lowest BCUT2D eigenvalue weighted by molar-refractivity contribution is -0.384. The summed E-state index contributed by atoms with van der Waals surface area (Å²) < 4.78 is 9.73. The van der Waals surface area contributed by atoms with Crippen LogP contribution in [-0.4, -0.2) is 42.2 Å². The van der Waals surface area contributed by atoms with Gasteiger partial charge in [0.2, 0.25) is 0 Å². The average molecular weight is 413 g/mol. The number of nitrogens with zero attached hydrogens (tertiary/aromatic N) is 1. The van der Waals surface area contributed by atoms with E-state index in [-0.39, 0.29) is 29.1 Å². The highest BCUT2D eigenvalue weighted by molar-refractivity contribution is 6.29. The van der Waals surface area contributed by atoms with Crippen molar-refractivity contribution < 1.29 is 28.8 Å². The molecular weight excluding hydrogens is 392 g/mol. The predicted molar refractivity (Wildman–Crippen MR) is 101 cm³/mol. The highest BCUT2D eigenvalue weighted by atomic mass is 35.5. The summed E-state index contributed by atoms with van der Waals surface area (Å²) >= 11 is 5.66. The number of allylic oxidation sites excluding steroid dienone is 1. The van der Waals surface area contributed by atoms with Crippen LogP contribution in [0.1, 0.15) is 25.3 Å². The van der Waals surface area contributed by atoms with E-state index in [9.17, 15) is 24.5 Å². The summed E-state index contributed by atoms with van der Waals surface area (Å²) in [5.74, 6) is -5.89. The number of esters is 2. The van der Waals surface area contributed by atoms with Gasteiger partial charge in [-0.3, -0.25) is 19.7 Å². The number of nitrogens with two attached hydrogens (primary N) is 1. The lowest BCUT2D eigenvalue weighted by Gasteiger charge is -2.26. The van der Waals surface area contributed by atoms with Crippen molar-refractivity contribution in [3.05, 3.63) is 51.2 Å². The number of halogens is 1. The first-order valence-electron chi connectivity index (χ1n) is 8.23. The molecule has 0 heterocycles. The Morgan fingerprint density at radius 3 is 2.43 bits per heavy atom. The molecular formula is C18H21ClN2O7. The van der Waals surface area contributed by atoms with Gasteiger partial charge in [0.1, 0.15) is 5.92 Å². The van der Waals surface area contributed by atoms with E-state index in [1.807, 2.05) is 0 Å². The molecule has 0 bridgehead atoms. The van der Waals surface area contributed by atoms with Crippen LogP contribution in [0.2, 0.25) is 0 Å². The van der Waals surface area contributed by atoms with Crippen molar-refractivity contribution in [3.8, 4) is 0 Å². The molecule has 2 N–H and O–H groups in total. The Morgan fingerprint density at radius 2 is 1.96 bits per heavy atom. The number of ketones is 1. The van der Waals surface area contributed by atoms with Crippen LogP contribution in [0.4, 0.5) is 5.69 Å². The fourth-order valence-corrected chi connectivity index (χ4v) is 2.93. The van der Waals surface area contributed by atoms with Crippen LogP contribution in [0.3, 0.4) is 0 Å². The van der Waals surface area contributed by atoms with Crippen LogP contribution >= 0.6 is 11.6 Å². The van der Waals surface area contributed by atoms with Crippen LogP contribution in [-0.2, 0) is 23.9 Å². The number of hydrogen-bond acceptors (Lipinski definition) is 8. The largest absolute Gasteiger partial charge is 0.468 e. The number of non-ortho nitro benzene ring substituents is 1. The molecule has 0 saturated heterocycles. The zero-order chi connectivity index (χ0) is 21.4. The Morgan fingerprint density at radius 1 is 1.32 bits per heavy atom. The predicted octanol–water partition coefficient (Wildman–Crippen LogP) is 2.07. The molecule has 28 heavy (non-hydrogen) atoms. The van der Waals surface area contributed by atoms with E-state index in [1.165, 1.54) is 25.1 Å². The van der Waals surface area contributed by atoms with Crippen LogP contribution in [0.5, 0.6) is 0 Å². The van der Waals surface area contributed by atoms with Gasteiger partial charge >= 0.3 is 11.9 Å². The van der Waals surface area contributed by atoms with Crippen molar-refractivity contribution in [2.75, 3.05) is 19.6 Å². The molecule has 0 radical (unpaired) electrons. The van der Waals surface area contributed by atoms with Gasteiger partial charge in [-0.15, -0.1) is 11.6 Å². The van der Waals surface area contributed by atoms with Gasteiger partial charge in [-0.05, 0) is 19.4 Å². The topological polar surface area (TPSA) is 139 Å². The molecule has 2 unspecified atom stereocenters. The van der Waals surface area contributed by atoms with E-state index >= 15 is 0 Å². The number of methoxy groups -OCH3 is 1. The first-order chi connectivity index (χ1) is 13.2. The summed E-state index contributed by atoms with van der Waals surface area (Å²) in [6.07, 6.45) is 0. The minimum Gasteiger partial charge on any atom is -0.468 e. The van der Waals surface area contributed by atoms with Crippen LogP contribution < -0.4 is 5.73 Å². The van der Waals surface area contributed by atoms with Crippen molar-refractivity contribution in [1.29, 1.82) is 0 Å². The minimum absolute atomic E-state index is 0.00812. The molecule has 1 aromatic carbocycles. The van der Waals surface area contributed by atoms with E-state index in [2.05, 4.69) is 0 Å². The molecule has 152 valence electrons. The highest BCUT2D eigenvalue weighted by Crippen LogP contribution is 2.37. The average Bonchev–Trinajstić information content (AvgIpc) is 2.66. The summed E-state index contributed by atoms with van der Waals surface area (Å²) in [6, 6.07) is 5.20. The maximum atomic E-state index is 12.6. The standard InChI is InChI=1S/C18H21ClN2O7/c1-4-28-18(24)14(10(2)20)15(16(13(22)9-19)17(23)27-3)11-6-5-7-12(8-11)21(25)26/h5-8,15-16H,4,9,20H2,1-3H3/b14-10+. The summed E-state index contributed by atoms with van der Waals surface area (Å²) in [4.78, 5) is 48.0. The molecule has 0 spiro atoms. The van der Waals surface area contributed by atoms with Gasteiger partial charge in [0.25, 0.3) is 5.69 Å². The summed E-state index contributed by atoms with van der Waals surface area (Å²) in [6.45, 7) is 2.99. The number of nitro benzene ring substituents is 1. The molecule has 0 saturated carbocycles. The molecule has 0 fully saturated rings. The third-order valence-corrected chi connectivity index (χ3v) is 4.20. The molecule has 1 rings (SSSR count). The van der Waals surface area contributed by atoms with Crippen molar-refractivity contribution in [2.24, 2.45) is 11.7 Å². The fraction of sp³-hybridized carbons (Fsp3) is 0.389. The van der Waals surface area contributed by atoms with Gasteiger partial charge in [-0.1, -0.05) is 12.1 Å². The summed E-state index contributed by atoms with van der Waals surface area (Å²) in [5, 5.41) is 11.2. The van der Waals surface area contributed by atoms with E-state index in [1.54, 1.807) is 6.92 Å². The van der Waals surface area contributed by atoms with E-state index < -0.39 is 40.4 Å². The van der Waals surface area contributed by atoms with Gasteiger partial charge in [0, 0.05) is 23.7 Å². The Bertz CT molecular complexity index is 787. The van der Waals surface area contributed by atoms with Crippen molar-refractivity contribution in [3.63, 3.8) is 0 Å². The zero-order valence-electron chi connectivity index (χ0n) is 15.6. The number of alkyl halides is 1. The third kappa shape index (κ3) is 5.29. The smallest absolute Gasteiger partial charge is 0.336 e. The van der Waals surface area contributed by atoms with Crippen LogP contribution in [0, 0.1) is 16.0 Å². The van der Waals surface area contributed by atoms with Crippen LogP contribution in [0.15, 0.2) is 35.5 Å². The Balaban J connectivity index is 3.79. The van der Waals surface area contributed by atoms with Gasteiger partial charge in [-0.2, -0.15) is 0 Å². The monoisotopic (exact) mass is 412 g/mol. The van der Waals surface area contributed by atoms with Gasteiger partial charge in [0.05, 0.1) is 30.1 Å². The lowest BCUT2D eigenvalue weighted by Crippen LogP contribution is -2.36. The SMILES string of the molecule is CCOC(=O)/C(=C(\C)N)C(c1cccc([N+](=O)[O-])c1)C(C(=O)CCl)C(=O)OC. The Kier molecular flexibility index (Phi) is 8.59. The highest BCUT2D eigenvalue weighted by Gasteiger charge is 2.42. The number of carbonyl (C=O) groups is 3. The molecule has 0 amide bonds. The number of carbonyl (C=O) groups excluding carboxylic acids is 3. The second-order valence-electron chi connectivity index (χ2n) is 5.75. The first-order valence-corrected chi connectivity index (χ1v) is 8.77. The quantitative estimate of drug-likeness (QED) is 0.162. The normalized spacial score (nSPS) is 13.7. The minimum atomic E-state index is -1.54. The Hall–Kier alpha value is -2.94. The zero-order valence-corrected chi connectivity index (χ0v) is 16.4. The number of hydrogen-bond donors (Lipinski definition) is 1. The second-order valence-corrected chi connectivity index (χ2v) is 6.01. The third-order valence-electron chi connectivity index (χ3n) is 3.94.